The molecule has 39 heavy (non-hydrogen) atoms. The zero-order valence-corrected chi connectivity index (χ0v) is 23.1. The van der Waals surface area contributed by atoms with E-state index in [0.29, 0.717) is 67.5 Å². The Hall–Kier alpha value is -3.80. The molecule has 0 bridgehead atoms. The molecule has 0 aliphatic heterocycles. The third-order valence-corrected chi connectivity index (χ3v) is 6.99. The SMILES string of the molecule is C=CC(O)Nc1cn(C)nc1Nc1ncc2cc(-c3c(Cl)c(OC)cc(OC)c3Cl)nc(NCC3CC3)c2n1. The van der Waals surface area contributed by atoms with Crippen LogP contribution < -0.4 is 25.4 Å². The lowest BCUT2D eigenvalue weighted by Crippen LogP contribution is -2.15. The Morgan fingerprint density at radius 3 is 2.51 bits per heavy atom. The van der Waals surface area contributed by atoms with Crippen LogP contribution >= 0.6 is 23.2 Å². The number of hydrogen-bond donors (Lipinski definition) is 4. The molecule has 1 unspecified atom stereocenters. The largest absolute Gasteiger partial charge is 0.495 e. The van der Waals surface area contributed by atoms with E-state index in [4.69, 9.17) is 42.6 Å². The van der Waals surface area contributed by atoms with Gasteiger partial charge in [0.1, 0.15) is 23.2 Å². The van der Waals surface area contributed by atoms with E-state index >= 15 is 0 Å². The fraction of sp³-hybridized carbons (Fsp3) is 0.308. The van der Waals surface area contributed by atoms with Gasteiger partial charge in [-0.25, -0.2) is 15.0 Å². The van der Waals surface area contributed by atoms with Gasteiger partial charge in [-0.3, -0.25) is 4.68 Å². The second-order valence-corrected chi connectivity index (χ2v) is 9.87. The Morgan fingerprint density at radius 1 is 1.15 bits per heavy atom. The third kappa shape index (κ3) is 5.65. The highest BCUT2D eigenvalue weighted by Gasteiger charge is 2.24. The van der Waals surface area contributed by atoms with Crippen molar-refractivity contribution in [1.29, 1.82) is 0 Å². The van der Waals surface area contributed by atoms with Gasteiger partial charge in [-0.15, -0.1) is 0 Å². The third-order valence-electron chi connectivity index (χ3n) is 6.24. The summed E-state index contributed by atoms with van der Waals surface area (Å²) in [7, 11) is 4.82. The maximum atomic E-state index is 9.95. The predicted octanol–water partition coefficient (Wildman–Crippen LogP) is 5.23. The van der Waals surface area contributed by atoms with Crippen LogP contribution in [0.15, 0.2) is 37.2 Å². The molecule has 1 atom stereocenters. The van der Waals surface area contributed by atoms with Crippen LogP contribution in [0.3, 0.4) is 0 Å². The number of pyridine rings is 1. The molecule has 13 heteroatoms. The number of methoxy groups -OCH3 is 2. The highest BCUT2D eigenvalue weighted by molar-refractivity contribution is 6.41. The molecule has 3 heterocycles. The molecule has 1 aliphatic carbocycles. The smallest absolute Gasteiger partial charge is 0.229 e. The average Bonchev–Trinajstić information content (AvgIpc) is 3.69. The molecule has 0 amide bonds. The van der Waals surface area contributed by atoms with Crippen molar-refractivity contribution in [3.63, 3.8) is 0 Å². The van der Waals surface area contributed by atoms with Crippen LogP contribution in [0.1, 0.15) is 12.8 Å². The quantitative estimate of drug-likeness (QED) is 0.140. The lowest BCUT2D eigenvalue weighted by molar-refractivity contribution is 0.253. The number of nitrogens with zero attached hydrogens (tertiary/aromatic N) is 5. The fourth-order valence-corrected chi connectivity index (χ4v) is 4.73. The Labute approximate surface area is 235 Å². The van der Waals surface area contributed by atoms with Crippen LogP contribution in [0.5, 0.6) is 11.5 Å². The molecule has 1 aliphatic rings. The summed E-state index contributed by atoms with van der Waals surface area (Å²) in [4.78, 5) is 14.1. The standard InChI is InChI=1S/C26H28Cl2N8O3/c1-5-19(37)31-16-12-36(2)35-24(16)34-26-30-11-14-8-15(32-25(23(14)33-26)29-10-13-6-7-13)20-21(27)17(38-3)9-18(39-4)22(20)28/h5,8-9,11-13,19,31,37H,1,6-7,10H2,2-4H3,(H,29,32)(H,30,33,34,35). The summed E-state index contributed by atoms with van der Waals surface area (Å²) in [5.74, 6) is 2.74. The van der Waals surface area contributed by atoms with Gasteiger partial charge in [0.15, 0.2) is 11.6 Å². The first-order valence-corrected chi connectivity index (χ1v) is 13.0. The number of nitrogens with one attached hydrogen (secondary N) is 3. The minimum absolute atomic E-state index is 0.306. The van der Waals surface area contributed by atoms with Gasteiger partial charge >= 0.3 is 0 Å². The maximum Gasteiger partial charge on any atom is 0.229 e. The van der Waals surface area contributed by atoms with Crippen molar-refractivity contribution < 1.29 is 14.6 Å². The van der Waals surface area contributed by atoms with E-state index in [0.717, 1.165) is 11.9 Å². The number of halogens is 2. The minimum atomic E-state index is -0.943. The minimum Gasteiger partial charge on any atom is -0.495 e. The maximum absolute atomic E-state index is 9.95. The van der Waals surface area contributed by atoms with Crippen LogP contribution in [-0.4, -0.2) is 56.8 Å². The van der Waals surface area contributed by atoms with Crippen molar-refractivity contribution in [3.05, 3.63) is 47.2 Å². The highest BCUT2D eigenvalue weighted by Crippen LogP contribution is 2.46. The van der Waals surface area contributed by atoms with Gasteiger partial charge in [-0.1, -0.05) is 29.8 Å². The van der Waals surface area contributed by atoms with Crippen molar-refractivity contribution in [2.75, 3.05) is 36.7 Å². The summed E-state index contributed by atoms with van der Waals surface area (Å²) in [6.45, 7) is 4.34. The number of benzene rings is 1. The monoisotopic (exact) mass is 570 g/mol. The molecule has 1 aromatic carbocycles. The predicted molar refractivity (Wildman–Crippen MR) is 153 cm³/mol. The summed E-state index contributed by atoms with van der Waals surface area (Å²) in [5.41, 5.74) is 2.17. The topological polar surface area (TPSA) is 131 Å². The number of anilines is 4. The number of aryl methyl sites for hydroxylation is 1. The van der Waals surface area contributed by atoms with Crippen molar-refractivity contribution in [2.24, 2.45) is 13.0 Å². The van der Waals surface area contributed by atoms with Gasteiger partial charge in [0.2, 0.25) is 5.95 Å². The van der Waals surface area contributed by atoms with Crippen LogP contribution in [0.2, 0.25) is 10.0 Å². The summed E-state index contributed by atoms with van der Waals surface area (Å²) in [6.07, 6.45) is 6.18. The van der Waals surface area contributed by atoms with Crippen LogP contribution in [-0.2, 0) is 7.05 Å². The summed E-state index contributed by atoms with van der Waals surface area (Å²) < 4.78 is 12.5. The molecule has 0 saturated heterocycles. The van der Waals surface area contributed by atoms with Gasteiger partial charge in [0, 0.05) is 36.8 Å². The summed E-state index contributed by atoms with van der Waals surface area (Å²) in [6, 6.07) is 3.46. The van der Waals surface area contributed by atoms with E-state index in [-0.39, 0.29) is 0 Å². The van der Waals surface area contributed by atoms with E-state index in [1.165, 1.54) is 33.1 Å². The van der Waals surface area contributed by atoms with Gasteiger partial charge in [0.25, 0.3) is 0 Å². The van der Waals surface area contributed by atoms with E-state index in [2.05, 4.69) is 32.6 Å². The Bertz CT molecular complexity index is 1510. The van der Waals surface area contributed by atoms with Crippen molar-refractivity contribution in [3.8, 4) is 22.8 Å². The van der Waals surface area contributed by atoms with Crippen LogP contribution in [0, 0.1) is 5.92 Å². The number of aliphatic hydroxyl groups excluding tert-OH is 1. The van der Waals surface area contributed by atoms with Gasteiger partial charge in [-0.2, -0.15) is 5.10 Å². The molecule has 1 fully saturated rings. The lowest BCUT2D eigenvalue weighted by Gasteiger charge is -2.16. The Morgan fingerprint density at radius 2 is 1.87 bits per heavy atom. The summed E-state index contributed by atoms with van der Waals surface area (Å²) in [5, 5.41) is 25.2. The van der Waals surface area contributed by atoms with Crippen molar-refractivity contribution >= 4 is 57.4 Å². The van der Waals surface area contributed by atoms with Gasteiger partial charge in [-0.05, 0) is 30.9 Å². The van der Waals surface area contributed by atoms with E-state index in [1.807, 2.05) is 6.07 Å². The number of ether oxygens (including phenoxy) is 2. The molecule has 5 rings (SSSR count). The van der Waals surface area contributed by atoms with E-state index in [9.17, 15) is 5.11 Å². The number of aromatic nitrogens is 5. The first-order valence-electron chi connectivity index (χ1n) is 12.2. The number of rotatable bonds is 11. The molecule has 4 aromatic rings. The van der Waals surface area contributed by atoms with E-state index in [1.54, 1.807) is 30.2 Å². The second-order valence-electron chi connectivity index (χ2n) is 9.11. The molecule has 1 saturated carbocycles. The zero-order chi connectivity index (χ0) is 27.7. The molecule has 204 valence electrons. The number of fused-ring (bicyclic) bond motifs is 1. The lowest BCUT2D eigenvalue weighted by atomic mass is 10.1. The normalized spacial score (nSPS) is 13.7. The van der Waals surface area contributed by atoms with Crippen LogP contribution in [0.4, 0.5) is 23.3 Å². The van der Waals surface area contributed by atoms with E-state index < -0.39 is 6.23 Å². The zero-order valence-electron chi connectivity index (χ0n) is 21.6. The first kappa shape index (κ1) is 26.8. The Balaban J connectivity index is 1.58. The fourth-order valence-electron chi connectivity index (χ4n) is 4.03. The molecule has 11 nitrogen and oxygen atoms in total. The van der Waals surface area contributed by atoms with Crippen molar-refractivity contribution in [2.45, 2.75) is 19.1 Å². The molecular weight excluding hydrogens is 543 g/mol. The molecule has 0 radical (unpaired) electrons. The molecule has 0 spiro atoms. The number of aliphatic hydroxyl groups is 1. The van der Waals surface area contributed by atoms with Crippen molar-refractivity contribution in [1.82, 2.24) is 24.7 Å². The molecular formula is C26H28Cl2N8O3. The summed E-state index contributed by atoms with van der Waals surface area (Å²) >= 11 is 13.4. The first-order chi connectivity index (χ1) is 18.8. The highest BCUT2D eigenvalue weighted by atomic mass is 35.5. The van der Waals surface area contributed by atoms with Gasteiger partial charge < -0.3 is 30.5 Å². The Kier molecular flexibility index (Phi) is 7.65. The average molecular weight is 571 g/mol. The second kappa shape index (κ2) is 11.1. The van der Waals surface area contributed by atoms with Crippen LogP contribution in [0.25, 0.3) is 22.2 Å². The molecule has 4 N–H and O–H groups in total. The van der Waals surface area contributed by atoms with Gasteiger partial charge in [0.05, 0.1) is 41.8 Å². The number of hydrogen-bond acceptors (Lipinski definition) is 10. The molecule has 3 aromatic heterocycles.